The van der Waals surface area contributed by atoms with Crippen molar-refractivity contribution in [2.45, 2.75) is 33.2 Å². The Labute approximate surface area is 205 Å². The number of rotatable bonds is 7. The number of nitrogens with zero attached hydrogens (tertiary/aromatic N) is 2. The summed E-state index contributed by atoms with van der Waals surface area (Å²) >= 11 is 7.36. The van der Waals surface area contributed by atoms with Gasteiger partial charge >= 0.3 is 6.03 Å². The highest BCUT2D eigenvalue weighted by Gasteiger charge is 2.27. The van der Waals surface area contributed by atoms with E-state index >= 15 is 0 Å². The predicted octanol–water partition coefficient (Wildman–Crippen LogP) is 5.07. The summed E-state index contributed by atoms with van der Waals surface area (Å²) in [6.45, 7) is 5.91. The molecule has 0 radical (unpaired) electrons. The summed E-state index contributed by atoms with van der Waals surface area (Å²) < 4.78 is 10.7. The van der Waals surface area contributed by atoms with Crippen LogP contribution in [0.15, 0.2) is 36.4 Å². The third-order valence-corrected chi connectivity index (χ3v) is 6.78. The first-order valence-corrected chi connectivity index (χ1v) is 11.9. The van der Waals surface area contributed by atoms with Crippen molar-refractivity contribution in [3.05, 3.63) is 47.0 Å². The molecule has 1 aliphatic heterocycles. The summed E-state index contributed by atoms with van der Waals surface area (Å²) in [5.74, 6) is 0.823. The zero-order valence-electron chi connectivity index (χ0n) is 18.8. The van der Waals surface area contributed by atoms with Crippen LogP contribution in [0.25, 0.3) is 10.6 Å². The number of urea groups is 1. The van der Waals surface area contributed by atoms with Crippen molar-refractivity contribution in [2.75, 3.05) is 17.4 Å². The highest BCUT2D eigenvalue weighted by molar-refractivity contribution is 7.18. The van der Waals surface area contributed by atoms with Gasteiger partial charge in [-0.25, -0.2) is 4.79 Å². The first-order valence-electron chi connectivity index (χ1n) is 10.7. The van der Waals surface area contributed by atoms with Crippen molar-refractivity contribution in [1.82, 2.24) is 15.5 Å². The Morgan fingerprint density at radius 2 is 1.91 bits per heavy atom. The minimum Gasteiger partial charge on any atom is -0.454 e. The molecule has 0 saturated carbocycles. The fourth-order valence-electron chi connectivity index (χ4n) is 3.28. The SMILES string of the molecule is CC[C@H](C)[C@@H](NC(=O)Nc1ccc(C)c(Cl)c1)C(=O)Nc1nnc(-c2ccc3c(c2)OCO3)s1. The van der Waals surface area contributed by atoms with Crippen LogP contribution in [-0.4, -0.2) is 35.0 Å². The van der Waals surface area contributed by atoms with Crippen molar-refractivity contribution in [1.29, 1.82) is 0 Å². The van der Waals surface area contributed by atoms with Crippen LogP contribution in [0.4, 0.5) is 15.6 Å². The Balaban J connectivity index is 1.42. The van der Waals surface area contributed by atoms with Crippen LogP contribution in [0.3, 0.4) is 0 Å². The Hall–Kier alpha value is -3.37. The highest BCUT2D eigenvalue weighted by Crippen LogP contribution is 2.37. The average molecular weight is 502 g/mol. The van der Waals surface area contributed by atoms with E-state index in [0.29, 0.717) is 38.8 Å². The summed E-state index contributed by atoms with van der Waals surface area (Å²) in [5.41, 5.74) is 2.24. The lowest BCUT2D eigenvalue weighted by molar-refractivity contribution is -0.119. The van der Waals surface area contributed by atoms with E-state index in [4.69, 9.17) is 21.1 Å². The molecule has 3 aromatic rings. The zero-order valence-corrected chi connectivity index (χ0v) is 20.4. The number of carbonyl (C=O) groups excluding carboxylic acids is 2. The minimum absolute atomic E-state index is 0.117. The minimum atomic E-state index is -0.774. The maximum Gasteiger partial charge on any atom is 0.319 e. The second kappa shape index (κ2) is 10.3. The lowest BCUT2D eigenvalue weighted by atomic mass is 9.98. The molecule has 0 bridgehead atoms. The van der Waals surface area contributed by atoms with Crippen molar-refractivity contribution < 1.29 is 19.1 Å². The molecule has 3 N–H and O–H groups in total. The Bertz CT molecular complexity index is 1220. The third-order valence-electron chi connectivity index (χ3n) is 5.49. The molecule has 3 amide bonds. The van der Waals surface area contributed by atoms with Gasteiger partial charge < -0.3 is 20.1 Å². The molecular formula is C23H24ClN5O4S. The summed E-state index contributed by atoms with van der Waals surface area (Å²) in [6.07, 6.45) is 0.688. The molecule has 178 valence electrons. The summed E-state index contributed by atoms with van der Waals surface area (Å²) in [7, 11) is 0. The maximum atomic E-state index is 13.0. The molecule has 0 spiro atoms. The van der Waals surface area contributed by atoms with E-state index in [-0.39, 0.29) is 18.6 Å². The van der Waals surface area contributed by atoms with E-state index < -0.39 is 12.1 Å². The molecule has 0 fully saturated rings. The van der Waals surface area contributed by atoms with Crippen molar-refractivity contribution in [3.63, 3.8) is 0 Å². The lowest BCUT2D eigenvalue weighted by Gasteiger charge is -2.23. The molecule has 0 unspecified atom stereocenters. The Morgan fingerprint density at radius 1 is 1.12 bits per heavy atom. The number of ether oxygens (including phenoxy) is 2. The van der Waals surface area contributed by atoms with Crippen LogP contribution >= 0.6 is 22.9 Å². The van der Waals surface area contributed by atoms with Gasteiger partial charge in [0.15, 0.2) is 11.5 Å². The zero-order chi connectivity index (χ0) is 24.2. The number of aromatic nitrogens is 2. The Kier molecular flexibility index (Phi) is 7.18. The van der Waals surface area contributed by atoms with Gasteiger partial charge in [0.05, 0.1) is 0 Å². The topological polar surface area (TPSA) is 114 Å². The average Bonchev–Trinajstić information content (AvgIpc) is 3.48. The van der Waals surface area contributed by atoms with Crippen molar-refractivity contribution >= 4 is 45.7 Å². The van der Waals surface area contributed by atoms with Gasteiger partial charge in [0, 0.05) is 16.3 Å². The number of hydrogen-bond acceptors (Lipinski definition) is 7. The summed E-state index contributed by atoms with van der Waals surface area (Å²) in [6, 6.07) is 9.42. The van der Waals surface area contributed by atoms with Crippen molar-refractivity contribution in [2.24, 2.45) is 5.92 Å². The quantitative estimate of drug-likeness (QED) is 0.416. The molecule has 1 aromatic heterocycles. The van der Waals surface area contributed by atoms with Gasteiger partial charge in [-0.2, -0.15) is 0 Å². The largest absolute Gasteiger partial charge is 0.454 e. The molecule has 0 aliphatic carbocycles. The second-order valence-corrected chi connectivity index (χ2v) is 9.28. The van der Waals surface area contributed by atoms with E-state index in [2.05, 4.69) is 26.1 Å². The third kappa shape index (κ3) is 5.40. The number of carbonyl (C=O) groups is 2. The van der Waals surface area contributed by atoms with Gasteiger partial charge in [-0.05, 0) is 48.7 Å². The van der Waals surface area contributed by atoms with Crippen molar-refractivity contribution in [3.8, 4) is 22.1 Å². The maximum absolute atomic E-state index is 13.0. The number of nitrogens with one attached hydrogen (secondary N) is 3. The number of benzene rings is 2. The van der Waals surface area contributed by atoms with Crippen LogP contribution in [0.2, 0.25) is 5.02 Å². The molecule has 11 heteroatoms. The monoisotopic (exact) mass is 501 g/mol. The van der Waals surface area contributed by atoms with E-state index in [1.165, 1.54) is 11.3 Å². The lowest BCUT2D eigenvalue weighted by Crippen LogP contribution is -2.49. The standard InChI is InChI=1S/C23H24ClN5O4S/c1-4-12(2)19(26-22(31)25-15-7-5-13(3)16(24)10-15)20(30)27-23-29-28-21(34-23)14-6-8-17-18(9-14)33-11-32-17/h5-10,12,19H,4,11H2,1-3H3,(H2,25,26,31)(H,27,29,30)/t12-,19+/m0/s1. The Morgan fingerprint density at radius 3 is 2.68 bits per heavy atom. The van der Waals surface area contributed by atoms with Gasteiger partial charge in [0.1, 0.15) is 11.0 Å². The van der Waals surface area contributed by atoms with E-state index in [1.54, 1.807) is 18.2 Å². The number of amides is 3. The van der Waals surface area contributed by atoms with Crippen LogP contribution < -0.4 is 25.4 Å². The fourth-order valence-corrected chi connectivity index (χ4v) is 4.21. The van der Waals surface area contributed by atoms with Crippen LogP contribution in [-0.2, 0) is 4.79 Å². The molecule has 2 heterocycles. The summed E-state index contributed by atoms with van der Waals surface area (Å²) in [4.78, 5) is 25.6. The van der Waals surface area contributed by atoms with Gasteiger partial charge in [-0.15, -0.1) is 10.2 Å². The number of fused-ring (bicyclic) bond motifs is 1. The number of halogens is 1. The number of anilines is 2. The molecule has 2 atom stereocenters. The predicted molar refractivity (Wildman–Crippen MR) is 132 cm³/mol. The number of hydrogen-bond donors (Lipinski definition) is 3. The second-order valence-electron chi connectivity index (χ2n) is 7.90. The fraction of sp³-hybridized carbons (Fsp3) is 0.304. The molecule has 2 aromatic carbocycles. The van der Waals surface area contributed by atoms with Crippen LogP contribution in [0, 0.1) is 12.8 Å². The van der Waals surface area contributed by atoms with E-state index in [0.717, 1.165) is 11.1 Å². The van der Waals surface area contributed by atoms with Crippen LogP contribution in [0.5, 0.6) is 11.5 Å². The van der Waals surface area contributed by atoms with Gasteiger partial charge in [-0.3, -0.25) is 10.1 Å². The first-order chi connectivity index (χ1) is 16.3. The number of aryl methyl sites for hydroxylation is 1. The normalized spacial score (nSPS) is 13.8. The molecule has 9 nitrogen and oxygen atoms in total. The highest BCUT2D eigenvalue weighted by atomic mass is 35.5. The molecule has 0 saturated heterocycles. The smallest absolute Gasteiger partial charge is 0.319 e. The first kappa shape index (κ1) is 23.8. The summed E-state index contributed by atoms with van der Waals surface area (Å²) in [5, 5.41) is 18.0. The molecule has 34 heavy (non-hydrogen) atoms. The van der Waals surface area contributed by atoms with Crippen LogP contribution in [0.1, 0.15) is 25.8 Å². The molecular weight excluding hydrogens is 478 g/mol. The van der Waals surface area contributed by atoms with Gasteiger partial charge in [0.25, 0.3) is 0 Å². The van der Waals surface area contributed by atoms with Gasteiger partial charge in [0.2, 0.25) is 17.8 Å². The van der Waals surface area contributed by atoms with E-state index in [9.17, 15) is 9.59 Å². The molecule has 1 aliphatic rings. The van der Waals surface area contributed by atoms with Gasteiger partial charge in [-0.1, -0.05) is 49.3 Å². The molecule has 4 rings (SSSR count). The van der Waals surface area contributed by atoms with E-state index in [1.807, 2.05) is 39.0 Å².